The van der Waals surface area contributed by atoms with E-state index in [2.05, 4.69) is 17.3 Å². The Labute approximate surface area is 81.1 Å². The van der Waals surface area contributed by atoms with Crippen molar-refractivity contribution in [1.29, 1.82) is 0 Å². The molecule has 0 saturated heterocycles. The molecule has 4 N–H and O–H groups in total. The van der Waals surface area contributed by atoms with E-state index >= 15 is 0 Å². The SMILES string of the molecule is CN(CCCN)CCCNCCO. The van der Waals surface area contributed by atoms with Crippen molar-refractivity contribution in [3.63, 3.8) is 0 Å². The van der Waals surface area contributed by atoms with Crippen LogP contribution >= 0.6 is 0 Å². The molecule has 0 rings (SSSR count). The Morgan fingerprint density at radius 1 is 1.23 bits per heavy atom. The molecule has 0 aromatic heterocycles. The van der Waals surface area contributed by atoms with Gasteiger partial charge in [0.15, 0.2) is 0 Å². The Hall–Kier alpha value is -0.160. The molecule has 0 aliphatic heterocycles. The Bertz CT molecular complexity index is 101. The minimum absolute atomic E-state index is 0.225. The largest absolute Gasteiger partial charge is 0.395 e. The predicted octanol–water partition coefficient (Wildman–Crippen LogP) is -0.761. The van der Waals surface area contributed by atoms with E-state index in [4.69, 9.17) is 10.8 Å². The van der Waals surface area contributed by atoms with E-state index < -0.39 is 0 Å². The van der Waals surface area contributed by atoms with E-state index in [0.717, 1.165) is 39.0 Å². The van der Waals surface area contributed by atoms with Gasteiger partial charge in [-0.2, -0.15) is 0 Å². The van der Waals surface area contributed by atoms with Crippen LogP contribution in [0.25, 0.3) is 0 Å². The minimum Gasteiger partial charge on any atom is -0.395 e. The van der Waals surface area contributed by atoms with Crippen LogP contribution in [-0.2, 0) is 0 Å². The maximum Gasteiger partial charge on any atom is 0.0555 e. The minimum atomic E-state index is 0.225. The zero-order chi connectivity index (χ0) is 9.94. The number of rotatable bonds is 9. The summed E-state index contributed by atoms with van der Waals surface area (Å²) >= 11 is 0. The molecule has 80 valence electrons. The molecule has 13 heavy (non-hydrogen) atoms. The average molecular weight is 189 g/mol. The highest BCUT2D eigenvalue weighted by Crippen LogP contribution is 1.88. The van der Waals surface area contributed by atoms with Crippen LogP contribution in [-0.4, -0.2) is 56.4 Å². The van der Waals surface area contributed by atoms with Crippen molar-refractivity contribution in [2.24, 2.45) is 5.73 Å². The summed E-state index contributed by atoms with van der Waals surface area (Å²) in [7, 11) is 2.11. The first-order valence-corrected chi connectivity index (χ1v) is 5.01. The van der Waals surface area contributed by atoms with E-state index in [1.165, 1.54) is 0 Å². The third-order valence-electron chi connectivity index (χ3n) is 1.93. The van der Waals surface area contributed by atoms with Gasteiger partial charge in [0.05, 0.1) is 6.61 Å². The van der Waals surface area contributed by atoms with Gasteiger partial charge in [0.1, 0.15) is 0 Å². The molecule has 4 heteroatoms. The lowest BCUT2D eigenvalue weighted by Gasteiger charge is -2.15. The molecule has 4 nitrogen and oxygen atoms in total. The molecular weight excluding hydrogens is 166 g/mol. The number of hydrogen-bond acceptors (Lipinski definition) is 4. The molecule has 0 bridgehead atoms. The first-order valence-electron chi connectivity index (χ1n) is 5.01. The van der Waals surface area contributed by atoms with Crippen LogP contribution in [0.3, 0.4) is 0 Å². The van der Waals surface area contributed by atoms with Crippen LogP contribution in [0, 0.1) is 0 Å². The molecule has 0 aliphatic rings. The molecule has 0 atom stereocenters. The number of nitrogens with zero attached hydrogens (tertiary/aromatic N) is 1. The maximum atomic E-state index is 8.50. The van der Waals surface area contributed by atoms with Crippen molar-refractivity contribution < 1.29 is 5.11 Å². The van der Waals surface area contributed by atoms with E-state index in [1.807, 2.05) is 0 Å². The van der Waals surface area contributed by atoms with E-state index in [9.17, 15) is 0 Å². The lowest BCUT2D eigenvalue weighted by molar-refractivity contribution is 0.287. The van der Waals surface area contributed by atoms with Crippen LogP contribution in [0.1, 0.15) is 12.8 Å². The Morgan fingerprint density at radius 2 is 1.92 bits per heavy atom. The monoisotopic (exact) mass is 189 g/mol. The fraction of sp³-hybridized carbons (Fsp3) is 1.00. The standard InChI is InChI=1S/C9H23N3O/c1-12(7-2-4-10)8-3-5-11-6-9-13/h11,13H,2-10H2,1H3. The van der Waals surface area contributed by atoms with Crippen molar-refractivity contribution in [2.75, 3.05) is 46.4 Å². The van der Waals surface area contributed by atoms with Crippen LogP contribution < -0.4 is 11.1 Å². The number of hydrogen-bond donors (Lipinski definition) is 3. The van der Waals surface area contributed by atoms with E-state index in [0.29, 0.717) is 6.54 Å². The van der Waals surface area contributed by atoms with Gasteiger partial charge in [-0.05, 0) is 46.1 Å². The molecule has 0 saturated carbocycles. The van der Waals surface area contributed by atoms with Crippen LogP contribution in [0.2, 0.25) is 0 Å². The highest BCUT2D eigenvalue weighted by molar-refractivity contribution is 4.54. The molecule has 0 aromatic carbocycles. The van der Waals surface area contributed by atoms with Gasteiger partial charge in [0.25, 0.3) is 0 Å². The lowest BCUT2D eigenvalue weighted by Crippen LogP contribution is -2.27. The smallest absolute Gasteiger partial charge is 0.0555 e. The van der Waals surface area contributed by atoms with Crippen molar-refractivity contribution in [3.8, 4) is 0 Å². The van der Waals surface area contributed by atoms with Gasteiger partial charge in [-0.1, -0.05) is 0 Å². The quantitative estimate of drug-likeness (QED) is 0.417. The van der Waals surface area contributed by atoms with Crippen LogP contribution in [0.15, 0.2) is 0 Å². The lowest BCUT2D eigenvalue weighted by atomic mass is 10.3. The third kappa shape index (κ3) is 9.76. The van der Waals surface area contributed by atoms with Gasteiger partial charge in [-0.25, -0.2) is 0 Å². The fourth-order valence-corrected chi connectivity index (χ4v) is 1.15. The van der Waals surface area contributed by atoms with E-state index in [1.54, 1.807) is 0 Å². The Kier molecular flexibility index (Phi) is 9.80. The van der Waals surface area contributed by atoms with Gasteiger partial charge in [-0.3, -0.25) is 0 Å². The number of nitrogens with one attached hydrogen (secondary N) is 1. The van der Waals surface area contributed by atoms with Crippen LogP contribution in [0.4, 0.5) is 0 Å². The zero-order valence-corrected chi connectivity index (χ0v) is 8.63. The zero-order valence-electron chi connectivity index (χ0n) is 8.63. The molecule has 0 amide bonds. The normalized spacial score (nSPS) is 11.1. The van der Waals surface area contributed by atoms with Crippen molar-refractivity contribution in [1.82, 2.24) is 10.2 Å². The topological polar surface area (TPSA) is 61.5 Å². The Balaban J connectivity index is 3.03. The molecule has 0 fully saturated rings. The second kappa shape index (κ2) is 9.92. The summed E-state index contributed by atoms with van der Waals surface area (Å²) < 4.78 is 0. The molecule has 0 unspecified atom stereocenters. The maximum absolute atomic E-state index is 8.50. The molecule has 0 aromatic rings. The average Bonchev–Trinajstić information content (AvgIpc) is 2.14. The number of aliphatic hydroxyl groups is 1. The summed E-state index contributed by atoms with van der Waals surface area (Å²) in [6.07, 6.45) is 2.20. The summed E-state index contributed by atoms with van der Waals surface area (Å²) in [5.74, 6) is 0. The molecule has 0 radical (unpaired) electrons. The predicted molar refractivity (Wildman–Crippen MR) is 55.7 cm³/mol. The summed E-state index contributed by atoms with van der Waals surface area (Å²) in [5.41, 5.74) is 5.40. The van der Waals surface area contributed by atoms with Crippen molar-refractivity contribution in [2.45, 2.75) is 12.8 Å². The second-order valence-corrected chi connectivity index (χ2v) is 3.27. The van der Waals surface area contributed by atoms with Gasteiger partial charge in [-0.15, -0.1) is 0 Å². The fourth-order valence-electron chi connectivity index (χ4n) is 1.15. The number of nitrogens with two attached hydrogens (primary N) is 1. The van der Waals surface area contributed by atoms with Gasteiger partial charge in [0, 0.05) is 6.54 Å². The highest BCUT2D eigenvalue weighted by atomic mass is 16.3. The summed E-state index contributed by atoms with van der Waals surface area (Å²) in [6, 6.07) is 0. The van der Waals surface area contributed by atoms with Gasteiger partial charge >= 0.3 is 0 Å². The second-order valence-electron chi connectivity index (χ2n) is 3.27. The molecule has 0 heterocycles. The molecular formula is C9H23N3O. The number of aliphatic hydroxyl groups excluding tert-OH is 1. The van der Waals surface area contributed by atoms with Crippen molar-refractivity contribution in [3.05, 3.63) is 0 Å². The first kappa shape index (κ1) is 12.8. The van der Waals surface area contributed by atoms with E-state index in [-0.39, 0.29) is 6.61 Å². The third-order valence-corrected chi connectivity index (χ3v) is 1.93. The molecule has 0 spiro atoms. The van der Waals surface area contributed by atoms with Crippen molar-refractivity contribution >= 4 is 0 Å². The highest BCUT2D eigenvalue weighted by Gasteiger charge is 1.96. The summed E-state index contributed by atoms with van der Waals surface area (Å²) in [6.45, 7) is 4.85. The summed E-state index contributed by atoms with van der Waals surface area (Å²) in [4.78, 5) is 2.29. The van der Waals surface area contributed by atoms with Crippen LogP contribution in [0.5, 0.6) is 0 Å². The van der Waals surface area contributed by atoms with Gasteiger partial charge < -0.3 is 21.1 Å². The van der Waals surface area contributed by atoms with Gasteiger partial charge in [0.2, 0.25) is 0 Å². The summed E-state index contributed by atoms with van der Waals surface area (Å²) in [5, 5.41) is 11.6. The first-order chi connectivity index (χ1) is 6.31. The molecule has 0 aliphatic carbocycles. The Morgan fingerprint density at radius 3 is 2.54 bits per heavy atom.